The Balaban J connectivity index is 1.91. The smallest absolute Gasteiger partial charge is 0.228 e. The molecule has 1 heterocycles. The molecule has 1 aliphatic rings. The molecule has 1 atom stereocenters. The predicted octanol–water partition coefficient (Wildman–Crippen LogP) is 4.07. The highest BCUT2D eigenvalue weighted by atomic mass is 16.5. The third-order valence-corrected chi connectivity index (χ3v) is 4.31. The van der Waals surface area contributed by atoms with Crippen LogP contribution in [0.2, 0.25) is 0 Å². The van der Waals surface area contributed by atoms with Crippen molar-refractivity contribution >= 4 is 0 Å². The minimum Gasteiger partial charge on any atom is -0.339 e. The van der Waals surface area contributed by atoms with E-state index in [1.165, 1.54) is 32.1 Å². The van der Waals surface area contributed by atoms with E-state index in [2.05, 4.69) is 36.2 Å². The quantitative estimate of drug-likeness (QED) is 0.785. The molecule has 1 N–H and O–H groups in total. The molecule has 0 bridgehead atoms. The second kappa shape index (κ2) is 8.52. The summed E-state index contributed by atoms with van der Waals surface area (Å²) in [6.07, 6.45) is 9.60. The van der Waals surface area contributed by atoms with E-state index in [1.807, 2.05) is 0 Å². The zero-order chi connectivity index (χ0) is 15.1. The van der Waals surface area contributed by atoms with Crippen LogP contribution in [0.25, 0.3) is 0 Å². The lowest BCUT2D eigenvalue weighted by Crippen LogP contribution is -2.33. The molecule has 1 unspecified atom stereocenters. The maximum absolute atomic E-state index is 5.51. The zero-order valence-electron chi connectivity index (χ0n) is 13.9. The number of nitrogens with one attached hydrogen (secondary N) is 1. The van der Waals surface area contributed by atoms with E-state index < -0.39 is 0 Å². The standard InChI is InChI=1S/C17H31N3O/c1-4-10-18-15(11-13(2)3)12-16-19-17(20-21-16)14-8-6-5-7-9-14/h13-15,18H,4-12H2,1-3H3. The Kier molecular flexibility index (Phi) is 6.68. The fourth-order valence-corrected chi connectivity index (χ4v) is 3.24. The lowest BCUT2D eigenvalue weighted by Gasteiger charge is -2.19. The number of nitrogens with zero attached hydrogens (tertiary/aromatic N) is 2. The van der Waals surface area contributed by atoms with Crippen LogP contribution in [0.5, 0.6) is 0 Å². The molecule has 4 heteroatoms. The van der Waals surface area contributed by atoms with Crippen molar-refractivity contribution in [2.24, 2.45) is 5.92 Å². The summed E-state index contributed by atoms with van der Waals surface area (Å²) in [5.74, 6) is 2.97. The first-order valence-corrected chi connectivity index (χ1v) is 8.75. The first-order valence-electron chi connectivity index (χ1n) is 8.75. The molecular formula is C17H31N3O. The average Bonchev–Trinajstić information content (AvgIpc) is 2.93. The van der Waals surface area contributed by atoms with Gasteiger partial charge in [-0.2, -0.15) is 4.98 Å². The van der Waals surface area contributed by atoms with Crippen LogP contribution in [0.15, 0.2) is 4.52 Å². The fourth-order valence-electron chi connectivity index (χ4n) is 3.24. The Morgan fingerprint density at radius 3 is 2.67 bits per heavy atom. The maximum atomic E-state index is 5.51. The van der Waals surface area contributed by atoms with Gasteiger partial charge in [0.05, 0.1) is 0 Å². The summed E-state index contributed by atoms with van der Waals surface area (Å²) in [4.78, 5) is 4.67. The Labute approximate surface area is 129 Å². The summed E-state index contributed by atoms with van der Waals surface area (Å²) >= 11 is 0. The van der Waals surface area contributed by atoms with E-state index in [9.17, 15) is 0 Å². The SMILES string of the molecule is CCCNC(Cc1nc(C2CCCCC2)no1)CC(C)C. The Morgan fingerprint density at radius 1 is 1.24 bits per heavy atom. The van der Waals surface area contributed by atoms with Crippen LogP contribution < -0.4 is 5.32 Å². The average molecular weight is 293 g/mol. The van der Waals surface area contributed by atoms with Crippen molar-refractivity contribution in [1.29, 1.82) is 0 Å². The van der Waals surface area contributed by atoms with Crippen LogP contribution in [-0.2, 0) is 6.42 Å². The van der Waals surface area contributed by atoms with Crippen molar-refractivity contribution in [3.05, 3.63) is 11.7 Å². The largest absolute Gasteiger partial charge is 0.339 e. The normalized spacial score (nSPS) is 18.3. The summed E-state index contributed by atoms with van der Waals surface area (Å²) in [7, 11) is 0. The summed E-state index contributed by atoms with van der Waals surface area (Å²) < 4.78 is 5.51. The molecule has 0 spiro atoms. The van der Waals surface area contributed by atoms with E-state index in [4.69, 9.17) is 4.52 Å². The van der Waals surface area contributed by atoms with Gasteiger partial charge >= 0.3 is 0 Å². The van der Waals surface area contributed by atoms with Crippen molar-refractivity contribution in [2.75, 3.05) is 6.54 Å². The van der Waals surface area contributed by atoms with Gasteiger partial charge in [0.25, 0.3) is 0 Å². The molecule has 1 aromatic heterocycles. The molecule has 21 heavy (non-hydrogen) atoms. The van der Waals surface area contributed by atoms with E-state index >= 15 is 0 Å². The topological polar surface area (TPSA) is 51.0 Å². The fraction of sp³-hybridized carbons (Fsp3) is 0.882. The highest BCUT2D eigenvalue weighted by Crippen LogP contribution is 2.30. The highest BCUT2D eigenvalue weighted by molar-refractivity contribution is 4.98. The first-order chi connectivity index (χ1) is 10.2. The summed E-state index contributed by atoms with van der Waals surface area (Å²) in [6.45, 7) is 7.79. The summed E-state index contributed by atoms with van der Waals surface area (Å²) in [5.41, 5.74) is 0. The molecule has 1 aliphatic carbocycles. The monoisotopic (exact) mass is 293 g/mol. The lowest BCUT2D eigenvalue weighted by molar-refractivity contribution is 0.330. The molecule has 0 amide bonds. The van der Waals surface area contributed by atoms with Crippen molar-refractivity contribution in [3.63, 3.8) is 0 Å². The summed E-state index contributed by atoms with van der Waals surface area (Å²) in [6, 6.07) is 0.449. The zero-order valence-corrected chi connectivity index (χ0v) is 13.9. The first kappa shape index (κ1) is 16.5. The molecule has 0 aromatic carbocycles. The van der Waals surface area contributed by atoms with Crippen LogP contribution in [0.3, 0.4) is 0 Å². The molecule has 0 radical (unpaired) electrons. The van der Waals surface area contributed by atoms with Gasteiger partial charge in [-0.1, -0.05) is 45.2 Å². The lowest BCUT2D eigenvalue weighted by atomic mass is 9.89. The molecular weight excluding hydrogens is 262 g/mol. The molecule has 0 aliphatic heterocycles. The highest BCUT2D eigenvalue weighted by Gasteiger charge is 2.22. The molecule has 1 saturated carbocycles. The van der Waals surface area contributed by atoms with E-state index in [0.717, 1.165) is 37.5 Å². The second-order valence-corrected chi connectivity index (χ2v) is 6.87. The van der Waals surface area contributed by atoms with Crippen LogP contribution >= 0.6 is 0 Å². The van der Waals surface area contributed by atoms with E-state index in [0.29, 0.717) is 17.9 Å². The predicted molar refractivity (Wildman–Crippen MR) is 85.4 cm³/mol. The maximum Gasteiger partial charge on any atom is 0.228 e. The third-order valence-electron chi connectivity index (χ3n) is 4.31. The van der Waals surface area contributed by atoms with Gasteiger partial charge < -0.3 is 9.84 Å². The van der Waals surface area contributed by atoms with Crippen molar-refractivity contribution in [1.82, 2.24) is 15.5 Å². The number of hydrogen-bond donors (Lipinski definition) is 1. The Morgan fingerprint density at radius 2 is 2.00 bits per heavy atom. The molecule has 120 valence electrons. The third kappa shape index (κ3) is 5.42. The van der Waals surface area contributed by atoms with Crippen LogP contribution in [0, 0.1) is 5.92 Å². The number of aromatic nitrogens is 2. The van der Waals surface area contributed by atoms with Gasteiger partial charge in [-0.3, -0.25) is 0 Å². The summed E-state index contributed by atoms with van der Waals surface area (Å²) in [5, 5.41) is 7.85. The Hall–Kier alpha value is -0.900. The number of hydrogen-bond acceptors (Lipinski definition) is 4. The van der Waals surface area contributed by atoms with Gasteiger partial charge in [0, 0.05) is 18.4 Å². The number of rotatable bonds is 8. The Bertz CT molecular complexity index is 396. The van der Waals surface area contributed by atoms with Crippen LogP contribution in [0.4, 0.5) is 0 Å². The molecule has 1 fully saturated rings. The van der Waals surface area contributed by atoms with E-state index in [1.54, 1.807) is 0 Å². The molecule has 1 aromatic rings. The van der Waals surface area contributed by atoms with Crippen molar-refractivity contribution in [2.45, 2.75) is 84.1 Å². The van der Waals surface area contributed by atoms with Gasteiger partial charge in [-0.25, -0.2) is 0 Å². The van der Waals surface area contributed by atoms with Gasteiger partial charge in [0.1, 0.15) is 0 Å². The van der Waals surface area contributed by atoms with Gasteiger partial charge in [0.15, 0.2) is 5.82 Å². The van der Waals surface area contributed by atoms with Gasteiger partial charge in [-0.15, -0.1) is 0 Å². The van der Waals surface area contributed by atoms with Crippen LogP contribution in [-0.4, -0.2) is 22.7 Å². The molecule has 2 rings (SSSR count). The van der Waals surface area contributed by atoms with Crippen molar-refractivity contribution < 1.29 is 4.52 Å². The minimum atomic E-state index is 0.449. The van der Waals surface area contributed by atoms with Crippen LogP contribution in [0.1, 0.15) is 83.3 Å². The van der Waals surface area contributed by atoms with Gasteiger partial charge in [0.2, 0.25) is 5.89 Å². The van der Waals surface area contributed by atoms with Gasteiger partial charge in [-0.05, 0) is 38.1 Å². The van der Waals surface area contributed by atoms with E-state index in [-0.39, 0.29) is 0 Å². The minimum absolute atomic E-state index is 0.449. The molecule has 4 nitrogen and oxygen atoms in total. The molecule has 0 saturated heterocycles. The second-order valence-electron chi connectivity index (χ2n) is 6.87. The van der Waals surface area contributed by atoms with Crippen molar-refractivity contribution in [3.8, 4) is 0 Å².